The van der Waals surface area contributed by atoms with Crippen molar-refractivity contribution < 1.29 is 4.74 Å². The molecule has 2 N–H and O–H groups in total. The number of hydrogen-bond donors (Lipinski definition) is 2. The van der Waals surface area contributed by atoms with E-state index >= 15 is 0 Å². The normalized spacial score (nSPS) is 18.0. The van der Waals surface area contributed by atoms with Gasteiger partial charge in [-0.3, -0.25) is 4.90 Å². The Morgan fingerprint density at radius 2 is 2.03 bits per heavy atom. The highest BCUT2D eigenvalue weighted by Gasteiger charge is 2.21. The number of aliphatic imine (C=N–C) groups is 1. The van der Waals surface area contributed by atoms with Crippen LogP contribution in [0.4, 0.5) is 0 Å². The minimum Gasteiger partial charge on any atom is -0.374 e. The van der Waals surface area contributed by atoms with Gasteiger partial charge >= 0.3 is 0 Å². The first-order valence-corrected chi connectivity index (χ1v) is 10.5. The highest BCUT2D eigenvalue weighted by atomic mass is 127. The van der Waals surface area contributed by atoms with E-state index in [2.05, 4.69) is 79.6 Å². The Kier molecular flexibility index (Phi) is 12.8. The number of rotatable bonds is 9. The molecule has 1 heterocycles. The summed E-state index contributed by atoms with van der Waals surface area (Å²) in [5.41, 5.74) is 2.55. The third kappa shape index (κ3) is 10.6. The summed E-state index contributed by atoms with van der Waals surface area (Å²) < 4.78 is 5.94. The summed E-state index contributed by atoms with van der Waals surface area (Å²) in [4.78, 5) is 9.45. The zero-order valence-corrected chi connectivity index (χ0v) is 21.1. The molecule has 2 rings (SSSR count). The van der Waals surface area contributed by atoms with Crippen molar-refractivity contribution in [3.8, 4) is 0 Å². The van der Waals surface area contributed by atoms with Gasteiger partial charge in [0.05, 0.1) is 19.3 Å². The third-order valence-corrected chi connectivity index (χ3v) is 4.60. The molecule has 0 bridgehead atoms. The molecule has 1 unspecified atom stereocenters. The first kappa shape index (κ1) is 26.1. The molecule has 0 aliphatic carbocycles. The van der Waals surface area contributed by atoms with Crippen molar-refractivity contribution in [3.63, 3.8) is 0 Å². The van der Waals surface area contributed by atoms with Gasteiger partial charge in [-0.05, 0) is 38.1 Å². The maximum absolute atomic E-state index is 5.94. The average Bonchev–Trinajstić information content (AvgIpc) is 2.63. The highest BCUT2D eigenvalue weighted by molar-refractivity contribution is 14.0. The topological polar surface area (TPSA) is 52.1 Å². The van der Waals surface area contributed by atoms with E-state index in [1.807, 2.05) is 0 Å². The molecule has 0 amide bonds. The molecule has 0 aromatic heterocycles. The zero-order valence-electron chi connectivity index (χ0n) is 18.8. The maximum Gasteiger partial charge on any atom is 0.191 e. The number of benzene rings is 1. The van der Waals surface area contributed by atoms with Crippen LogP contribution in [0.1, 0.15) is 31.9 Å². The fourth-order valence-electron chi connectivity index (χ4n) is 3.50. The van der Waals surface area contributed by atoms with Gasteiger partial charge in [0.1, 0.15) is 0 Å². The summed E-state index contributed by atoms with van der Waals surface area (Å²) >= 11 is 0. The third-order valence-electron chi connectivity index (χ3n) is 4.60. The number of morpholine rings is 1. The molecule has 6 nitrogen and oxygen atoms in total. The fourth-order valence-corrected chi connectivity index (χ4v) is 3.50. The smallest absolute Gasteiger partial charge is 0.191 e. The van der Waals surface area contributed by atoms with E-state index < -0.39 is 0 Å². The number of hydrogen-bond acceptors (Lipinski definition) is 4. The van der Waals surface area contributed by atoms with E-state index in [1.165, 1.54) is 11.1 Å². The van der Waals surface area contributed by atoms with E-state index in [1.54, 1.807) is 0 Å². The minimum absolute atomic E-state index is 0. The van der Waals surface area contributed by atoms with Crippen molar-refractivity contribution in [2.24, 2.45) is 10.9 Å². The Bertz CT molecular complexity index is 609. The number of halogens is 1. The van der Waals surface area contributed by atoms with Gasteiger partial charge in [-0.1, -0.05) is 38.1 Å². The summed E-state index contributed by atoms with van der Waals surface area (Å²) in [7, 11) is 4.18. The van der Waals surface area contributed by atoms with Crippen LogP contribution >= 0.6 is 24.0 Å². The highest BCUT2D eigenvalue weighted by Crippen LogP contribution is 2.09. The van der Waals surface area contributed by atoms with Crippen LogP contribution in [0.2, 0.25) is 0 Å². The largest absolute Gasteiger partial charge is 0.374 e. The molecule has 0 radical (unpaired) electrons. The lowest BCUT2D eigenvalue weighted by Gasteiger charge is -2.34. The lowest BCUT2D eigenvalue weighted by Crippen LogP contribution is -2.50. The molecule has 0 spiro atoms. The van der Waals surface area contributed by atoms with E-state index in [0.717, 1.165) is 51.8 Å². The summed E-state index contributed by atoms with van der Waals surface area (Å²) in [6, 6.07) is 8.66. The lowest BCUT2D eigenvalue weighted by molar-refractivity contribution is -0.0284. The number of nitrogens with zero attached hydrogens (tertiary/aromatic N) is 3. The molecule has 1 aliphatic rings. The van der Waals surface area contributed by atoms with Crippen molar-refractivity contribution in [1.29, 1.82) is 0 Å². The van der Waals surface area contributed by atoms with E-state index in [0.29, 0.717) is 12.5 Å². The van der Waals surface area contributed by atoms with Crippen molar-refractivity contribution in [1.82, 2.24) is 20.4 Å². The zero-order chi connectivity index (χ0) is 20.4. The standard InChI is InChI=1S/C22H39N5O.HI/c1-6-23-22(24-13-19-8-7-9-20(12-19)16-26(4)5)25-14-21-17-27(10-11-28-21)15-18(2)3;/h7-9,12,18,21H,6,10-11,13-17H2,1-5H3,(H2,23,24,25);1H. The number of ether oxygens (including phenoxy) is 1. The van der Waals surface area contributed by atoms with Crippen LogP contribution in [-0.2, 0) is 17.8 Å². The number of guanidine groups is 1. The first-order chi connectivity index (χ1) is 13.5. The molecule has 1 aromatic rings. The monoisotopic (exact) mass is 517 g/mol. The van der Waals surface area contributed by atoms with Gasteiger partial charge in [0.25, 0.3) is 0 Å². The molecule has 29 heavy (non-hydrogen) atoms. The van der Waals surface area contributed by atoms with Gasteiger partial charge in [0.15, 0.2) is 5.96 Å². The van der Waals surface area contributed by atoms with Gasteiger partial charge in [-0.2, -0.15) is 0 Å². The molecular formula is C22H40IN5O. The van der Waals surface area contributed by atoms with Crippen LogP contribution < -0.4 is 10.6 Å². The predicted octanol–water partition coefficient (Wildman–Crippen LogP) is 2.78. The average molecular weight is 518 g/mol. The van der Waals surface area contributed by atoms with Gasteiger partial charge in [0.2, 0.25) is 0 Å². The van der Waals surface area contributed by atoms with Gasteiger partial charge in [0, 0.05) is 39.3 Å². The molecule has 1 saturated heterocycles. The molecule has 7 heteroatoms. The Morgan fingerprint density at radius 1 is 1.28 bits per heavy atom. The SMILES string of the molecule is CCNC(=NCc1cccc(CN(C)C)c1)NCC1CN(CC(C)C)CCO1.I. The van der Waals surface area contributed by atoms with Gasteiger partial charge in [-0.25, -0.2) is 4.99 Å². The predicted molar refractivity (Wildman–Crippen MR) is 133 cm³/mol. The van der Waals surface area contributed by atoms with E-state index in [4.69, 9.17) is 9.73 Å². The minimum atomic E-state index is 0. The summed E-state index contributed by atoms with van der Waals surface area (Å²) in [6.07, 6.45) is 0.208. The Morgan fingerprint density at radius 3 is 2.72 bits per heavy atom. The van der Waals surface area contributed by atoms with Crippen LogP contribution in [-0.4, -0.2) is 75.3 Å². The van der Waals surface area contributed by atoms with E-state index in [9.17, 15) is 0 Å². The lowest BCUT2D eigenvalue weighted by atomic mass is 10.1. The van der Waals surface area contributed by atoms with Crippen molar-refractivity contribution >= 4 is 29.9 Å². The number of nitrogens with one attached hydrogen (secondary N) is 2. The van der Waals surface area contributed by atoms with Crippen LogP contribution in [0.15, 0.2) is 29.3 Å². The maximum atomic E-state index is 5.94. The molecule has 166 valence electrons. The summed E-state index contributed by atoms with van der Waals surface area (Å²) in [6.45, 7) is 13.8. The molecule has 1 fully saturated rings. The molecule has 1 aliphatic heterocycles. The van der Waals surface area contributed by atoms with Crippen LogP contribution in [0, 0.1) is 5.92 Å². The van der Waals surface area contributed by atoms with Crippen molar-refractivity contribution in [2.45, 2.75) is 40.0 Å². The quantitative estimate of drug-likeness (QED) is 0.300. The summed E-state index contributed by atoms with van der Waals surface area (Å²) in [5, 5.41) is 6.80. The van der Waals surface area contributed by atoms with Crippen molar-refractivity contribution in [3.05, 3.63) is 35.4 Å². The Labute approximate surface area is 194 Å². The first-order valence-electron chi connectivity index (χ1n) is 10.5. The van der Waals surface area contributed by atoms with Crippen LogP contribution in [0.3, 0.4) is 0 Å². The van der Waals surface area contributed by atoms with Gasteiger partial charge < -0.3 is 20.3 Å². The van der Waals surface area contributed by atoms with Gasteiger partial charge in [-0.15, -0.1) is 24.0 Å². The Balaban J connectivity index is 0.00000420. The van der Waals surface area contributed by atoms with E-state index in [-0.39, 0.29) is 30.1 Å². The van der Waals surface area contributed by atoms with Crippen LogP contribution in [0.5, 0.6) is 0 Å². The summed E-state index contributed by atoms with van der Waals surface area (Å²) in [5.74, 6) is 1.54. The van der Waals surface area contributed by atoms with Crippen molar-refractivity contribution in [2.75, 3.05) is 53.4 Å². The second-order valence-electron chi connectivity index (χ2n) is 8.28. The second kappa shape index (κ2) is 14.2. The fraction of sp³-hybridized carbons (Fsp3) is 0.682. The van der Waals surface area contributed by atoms with Crippen LogP contribution in [0.25, 0.3) is 0 Å². The second-order valence-corrected chi connectivity index (χ2v) is 8.28. The molecule has 0 saturated carbocycles. The molecule has 1 atom stereocenters. The molecular weight excluding hydrogens is 477 g/mol. The Hall–Kier alpha value is -0.900. The molecule has 1 aromatic carbocycles.